The SMILES string of the molecule is CCC(CC)C(C)C[O]. The van der Waals surface area contributed by atoms with Crippen molar-refractivity contribution < 1.29 is 5.11 Å². The standard InChI is InChI=1S/C8H17O/c1-4-8(5-2)7(3)6-9/h7-8H,4-6H2,1-3H3. The number of rotatable bonds is 4. The lowest BCUT2D eigenvalue weighted by Crippen LogP contribution is -2.12. The van der Waals surface area contributed by atoms with E-state index in [0.717, 1.165) is 12.8 Å². The molecule has 0 aromatic heterocycles. The highest BCUT2D eigenvalue weighted by Crippen LogP contribution is 2.17. The Morgan fingerprint density at radius 1 is 1.22 bits per heavy atom. The van der Waals surface area contributed by atoms with Crippen LogP contribution in [0.5, 0.6) is 0 Å². The average molecular weight is 129 g/mol. The van der Waals surface area contributed by atoms with Crippen molar-refractivity contribution in [1.29, 1.82) is 0 Å². The third-order valence-corrected chi connectivity index (χ3v) is 2.12. The van der Waals surface area contributed by atoms with E-state index in [1.807, 2.05) is 6.92 Å². The van der Waals surface area contributed by atoms with Crippen LogP contribution < -0.4 is 0 Å². The van der Waals surface area contributed by atoms with Crippen molar-refractivity contribution >= 4 is 0 Å². The Bertz CT molecular complexity index is 57.6. The van der Waals surface area contributed by atoms with Gasteiger partial charge in [0.25, 0.3) is 0 Å². The van der Waals surface area contributed by atoms with Gasteiger partial charge in [-0.25, -0.2) is 5.11 Å². The van der Waals surface area contributed by atoms with Crippen molar-refractivity contribution in [3.05, 3.63) is 0 Å². The molecule has 0 aliphatic carbocycles. The first-order chi connectivity index (χ1) is 4.26. The maximum Gasteiger partial charge on any atom is 0.0850 e. The second-order valence-corrected chi connectivity index (χ2v) is 2.72. The minimum atomic E-state index is 0.0896. The molecule has 55 valence electrons. The summed E-state index contributed by atoms with van der Waals surface area (Å²) in [6.07, 6.45) is 2.31. The van der Waals surface area contributed by atoms with Gasteiger partial charge in [0.1, 0.15) is 0 Å². The molecule has 0 aromatic rings. The lowest BCUT2D eigenvalue weighted by atomic mass is 9.90. The summed E-state index contributed by atoms with van der Waals surface area (Å²) in [6, 6.07) is 0. The van der Waals surface area contributed by atoms with Gasteiger partial charge in [-0.1, -0.05) is 33.6 Å². The second-order valence-electron chi connectivity index (χ2n) is 2.72. The van der Waals surface area contributed by atoms with E-state index in [1.54, 1.807) is 0 Å². The summed E-state index contributed by atoms with van der Waals surface area (Å²) in [5.41, 5.74) is 0. The van der Waals surface area contributed by atoms with Crippen molar-refractivity contribution in [1.82, 2.24) is 0 Å². The first-order valence-corrected chi connectivity index (χ1v) is 3.84. The van der Waals surface area contributed by atoms with Gasteiger partial charge in [0.05, 0.1) is 6.61 Å². The first kappa shape index (κ1) is 8.96. The fourth-order valence-electron chi connectivity index (χ4n) is 1.23. The van der Waals surface area contributed by atoms with Crippen LogP contribution in [-0.2, 0) is 5.11 Å². The molecule has 0 N–H and O–H groups in total. The van der Waals surface area contributed by atoms with E-state index in [1.165, 1.54) is 0 Å². The lowest BCUT2D eigenvalue weighted by Gasteiger charge is -2.17. The summed E-state index contributed by atoms with van der Waals surface area (Å²) < 4.78 is 0. The van der Waals surface area contributed by atoms with Crippen LogP contribution in [0.25, 0.3) is 0 Å². The van der Waals surface area contributed by atoms with Crippen molar-refractivity contribution in [2.75, 3.05) is 6.61 Å². The highest BCUT2D eigenvalue weighted by Gasteiger charge is 2.11. The molecule has 1 radical (unpaired) electrons. The van der Waals surface area contributed by atoms with Crippen LogP contribution >= 0.6 is 0 Å². The maximum absolute atomic E-state index is 10.4. The molecule has 0 fully saturated rings. The molecule has 0 rings (SSSR count). The smallest absolute Gasteiger partial charge is 0.0850 e. The normalized spacial score (nSPS) is 14.3. The lowest BCUT2D eigenvalue weighted by molar-refractivity contribution is 0.116. The minimum absolute atomic E-state index is 0.0896. The topological polar surface area (TPSA) is 19.9 Å². The molecule has 9 heavy (non-hydrogen) atoms. The van der Waals surface area contributed by atoms with Crippen LogP contribution in [0.15, 0.2) is 0 Å². The van der Waals surface area contributed by atoms with Crippen molar-refractivity contribution in [3.8, 4) is 0 Å². The summed E-state index contributed by atoms with van der Waals surface area (Å²) in [5, 5.41) is 10.4. The third-order valence-electron chi connectivity index (χ3n) is 2.12. The van der Waals surface area contributed by atoms with Crippen LogP contribution in [0.3, 0.4) is 0 Å². The summed E-state index contributed by atoms with van der Waals surface area (Å²) >= 11 is 0. The monoisotopic (exact) mass is 129 g/mol. The van der Waals surface area contributed by atoms with E-state index in [-0.39, 0.29) is 6.61 Å². The van der Waals surface area contributed by atoms with Crippen LogP contribution in [0.4, 0.5) is 0 Å². The zero-order valence-electron chi connectivity index (χ0n) is 6.68. The van der Waals surface area contributed by atoms with Gasteiger partial charge in [-0.15, -0.1) is 0 Å². The zero-order chi connectivity index (χ0) is 7.28. The van der Waals surface area contributed by atoms with Crippen molar-refractivity contribution in [2.24, 2.45) is 11.8 Å². The Balaban J connectivity index is 3.50. The highest BCUT2D eigenvalue weighted by atomic mass is 16.3. The van der Waals surface area contributed by atoms with Crippen LogP contribution in [0, 0.1) is 11.8 Å². The van der Waals surface area contributed by atoms with Gasteiger partial charge in [-0.05, 0) is 11.8 Å². The molecule has 0 aromatic carbocycles. The van der Waals surface area contributed by atoms with Crippen LogP contribution in [-0.4, -0.2) is 6.61 Å². The molecule has 0 saturated heterocycles. The quantitative estimate of drug-likeness (QED) is 0.555. The fourth-order valence-corrected chi connectivity index (χ4v) is 1.23. The summed E-state index contributed by atoms with van der Waals surface area (Å²) in [4.78, 5) is 0. The van der Waals surface area contributed by atoms with E-state index >= 15 is 0 Å². The van der Waals surface area contributed by atoms with Gasteiger partial charge in [0, 0.05) is 0 Å². The first-order valence-electron chi connectivity index (χ1n) is 3.84. The second kappa shape index (κ2) is 4.80. The summed E-state index contributed by atoms with van der Waals surface area (Å²) in [5.74, 6) is 1.03. The number of hydrogen-bond acceptors (Lipinski definition) is 0. The predicted molar refractivity (Wildman–Crippen MR) is 38.8 cm³/mol. The molecule has 0 aliphatic heterocycles. The molecule has 1 nitrogen and oxygen atoms in total. The van der Waals surface area contributed by atoms with Gasteiger partial charge < -0.3 is 0 Å². The molecule has 0 heterocycles. The maximum atomic E-state index is 10.4. The van der Waals surface area contributed by atoms with Crippen LogP contribution in [0.1, 0.15) is 33.6 Å². The Hall–Kier alpha value is -0.0400. The van der Waals surface area contributed by atoms with E-state index in [2.05, 4.69) is 13.8 Å². The molecule has 0 saturated carbocycles. The van der Waals surface area contributed by atoms with E-state index in [9.17, 15) is 5.11 Å². The minimum Gasteiger partial charge on any atom is -0.236 e. The van der Waals surface area contributed by atoms with Gasteiger partial charge in [-0.2, -0.15) is 0 Å². The van der Waals surface area contributed by atoms with E-state index in [0.29, 0.717) is 11.8 Å². The molecular formula is C8H17O. The molecule has 0 spiro atoms. The fraction of sp³-hybridized carbons (Fsp3) is 1.00. The van der Waals surface area contributed by atoms with Crippen molar-refractivity contribution in [2.45, 2.75) is 33.6 Å². The summed E-state index contributed by atoms with van der Waals surface area (Å²) in [6.45, 7) is 6.44. The molecule has 0 aliphatic rings. The molecule has 0 bridgehead atoms. The third kappa shape index (κ3) is 2.85. The number of hydrogen-bond donors (Lipinski definition) is 0. The van der Waals surface area contributed by atoms with Gasteiger partial charge >= 0.3 is 0 Å². The Morgan fingerprint density at radius 2 is 1.67 bits per heavy atom. The molecule has 0 amide bonds. The highest BCUT2D eigenvalue weighted by molar-refractivity contribution is 4.61. The Morgan fingerprint density at radius 3 is 1.78 bits per heavy atom. The Labute approximate surface area is 58.1 Å². The van der Waals surface area contributed by atoms with Gasteiger partial charge in [0.15, 0.2) is 0 Å². The largest absolute Gasteiger partial charge is 0.236 e. The predicted octanol–water partition coefficient (Wildman–Crippen LogP) is 2.49. The molecule has 1 heteroatoms. The molecule has 1 atom stereocenters. The van der Waals surface area contributed by atoms with E-state index in [4.69, 9.17) is 0 Å². The van der Waals surface area contributed by atoms with Gasteiger partial charge in [0.2, 0.25) is 0 Å². The average Bonchev–Trinajstić information content (AvgIpc) is 1.90. The molecule has 1 unspecified atom stereocenters. The van der Waals surface area contributed by atoms with Gasteiger partial charge in [-0.3, -0.25) is 0 Å². The van der Waals surface area contributed by atoms with E-state index < -0.39 is 0 Å². The Kier molecular flexibility index (Phi) is 4.78. The zero-order valence-corrected chi connectivity index (χ0v) is 6.68. The summed E-state index contributed by atoms with van der Waals surface area (Å²) in [7, 11) is 0. The van der Waals surface area contributed by atoms with Crippen LogP contribution in [0.2, 0.25) is 0 Å². The molecular weight excluding hydrogens is 112 g/mol. The van der Waals surface area contributed by atoms with Crippen molar-refractivity contribution in [3.63, 3.8) is 0 Å².